The van der Waals surface area contributed by atoms with Crippen LogP contribution in [0.3, 0.4) is 0 Å². The summed E-state index contributed by atoms with van der Waals surface area (Å²) in [6.45, 7) is 1.86. The minimum Gasteiger partial charge on any atom is -0.491 e. The molecule has 0 atom stereocenters. The predicted octanol–water partition coefficient (Wildman–Crippen LogP) is 5.10. The number of hydrogen-bond donors (Lipinski definition) is 2. The quantitative estimate of drug-likeness (QED) is 0.248. The molecule has 1 aliphatic rings. The second kappa shape index (κ2) is 11.3. The van der Waals surface area contributed by atoms with E-state index in [1.165, 1.54) is 16.2 Å². The van der Waals surface area contributed by atoms with Gasteiger partial charge < -0.3 is 24.6 Å². The van der Waals surface area contributed by atoms with Crippen LogP contribution in [0.25, 0.3) is 32.5 Å². The summed E-state index contributed by atoms with van der Waals surface area (Å²) in [7, 11) is 0. The zero-order valence-corrected chi connectivity index (χ0v) is 22.8. The van der Waals surface area contributed by atoms with Crippen molar-refractivity contribution < 1.29 is 19.4 Å². The number of para-hydroxylation sites is 1. The minimum absolute atomic E-state index is 0.0281. The van der Waals surface area contributed by atoms with Crippen molar-refractivity contribution in [2.75, 3.05) is 19.7 Å². The highest BCUT2D eigenvalue weighted by Gasteiger charge is 2.27. The number of fused-ring (bicyclic) bond motifs is 1. The number of amides is 2. The van der Waals surface area contributed by atoms with Crippen LogP contribution in [0.5, 0.6) is 5.75 Å². The predicted molar refractivity (Wildman–Crippen MR) is 153 cm³/mol. The third-order valence-electron chi connectivity index (χ3n) is 6.46. The molecule has 2 amide bonds. The molecule has 0 aliphatic carbocycles. The summed E-state index contributed by atoms with van der Waals surface area (Å²) in [5.74, 6) is 1.97. The van der Waals surface area contributed by atoms with E-state index in [0.717, 1.165) is 16.1 Å². The van der Waals surface area contributed by atoms with E-state index in [9.17, 15) is 9.59 Å². The van der Waals surface area contributed by atoms with Gasteiger partial charge in [0, 0.05) is 28.9 Å². The van der Waals surface area contributed by atoms with Crippen LogP contribution >= 0.6 is 22.7 Å². The Labute approximate surface area is 237 Å². The second-order valence-corrected chi connectivity index (χ2v) is 10.8. The van der Waals surface area contributed by atoms with Crippen molar-refractivity contribution >= 4 is 34.7 Å². The first-order valence-corrected chi connectivity index (χ1v) is 14.3. The van der Waals surface area contributed by atoms with E-state index in [2.05, 4.69) is 21.6 Å². The van der Waals surface area contributed by atoms with Gasteiger partial charge in [0.05, 0.1) is 18.7 Å². The molecular formula is C28H24N6O4S2. The van der Waals surface area contributed by atoms with Crippen LogP contribution in [0, 0.1) is 0 Å². The standard InChI is InChI=1S/C28H24N6O4S2/c35-27(19-9-7-18(8-10-19)23-6-3-15-39-23)33-12-13-34-24(16-33)31-32-25(34)21-17-40-26(30-21)20-4-1-2-5-22(20)38-14-11-29-28(36)37/h1-10,15,17,29H,11-14,16H2,(H,36,37). The molecule has 6 rings (SSSR count). The Balaban J connectivity index is 1.15. The Morgan fingerprint density at radius 1 is 1.00 bits per heavy atom. The van der Waals surface area contributed by atoms with Crippen molar-refractivity contribution in [2.24, 2.45) is 0 Å². The Kier molecular flexibility index (Phi) is 7.25. The van der Waals surface area contributed by atoms with Crippen LogP contribution in [-0.4, -0.2) is 61.5 Å². The van der Waals surface area contributed by atoms with Crippen LogP contribution in [0.15, 0.2) is 71.4 Å². The largest absolute Gasteiger partial charge is 0.491 e. The summed E-state index contributed by atoms with van der Waals surface area (Å²) in [6.07, 6.45) is -1.09. The molecule has 0 spiro atoms. The normalized spacial score (nSPS) is 12.7. The maximum Gasteiger partial charge on any atom is 0.404 e. The SMILES string of the molecule is O=C(O)NCCOc1ccccc1-c1nc(-c2nnc3n2CCN(C(=O)c2ccc(-c4cccs4)cc2)C3)cs1. The Morgan fingerprint density at radius 2 is 1.85 bits per heavy atom. The van der Waals surface area contributed by atoms with E-state index in [4.69, 9.17) is 14.8 Å². The van der Waals surface area contributed by atoms with Gasteiger partial charge in [-0.25, -0.2) is 9.78 Å². The summed E-state index contributed by atoms with van der Waals surface area (Å²) in [5, 5.41) is 24.5. The highest BCUT2D eigenvalue weighted by atomic mass is 32.1. The molecule has 40 heavy (non-hydrogen) atoms. The molecule has 202 valence electrons. The van der Waals surface area contributed by atoms with Gasteiger partial charge in [0.1, 0.15) is 23.1 Å². The topological polar surface area (TPSA) is 122 Å². The maximum absolute atomic E-state index is 13.2. The minimum atomic E-state index is -1.09. The third kappa shape index (κ3) is 5.31. The Hall–Kier alpha value is -4.55. The molecule has 0 unspecified atom stereocenters. The first-order chi connectivity index (χ1) is 19.6. The zero-order chi connectivity index (χ0) is 27.5. The maximum atomic E-state index is 13.2. The number of hydrogen-bond acceptors (Lipinski definition) is 8. The highest BCUT2D eigenvalue weighted by Crippen LogP contribution is 2.35. The van der Waals surface area contributed by atoms with E-state index in [0.29, 0.717) is 48.3 Å². The molecule has 12 heteroatoms. The van der Waals surface area contributed by atoms with Crippen LogP contribution in [-0.2, 0) is 13.1 Å². The number of thiophene rings is 1. The van der Waals surface area contributed by atoms with Crippen molar-refractivity contribution in [2.45, 2.75) is 13.1 Å². The molecule has 5 aromatic rings. The van der Waals surface area contributed by atoms with Crippen LogP contribution in [0.4, 0.5) is 4.79 Å². The summed E-state index contributed by atoms with van der Waals surface area (Å²) >= 11 is 3.14. The van der Waals surface area contributed by atoms with E-state index in [1.54, 1.807) is 16.2 Å². The molecule has 1 aliphatic heterocycles. The van der Waals surface area contributed by atoms with E-state index >= 15 is 0 Å². The van der Waals surface area contributed by atoms with Gasteiger partial charge >= 0.3 is 6.09 Å². The molecule has 0 saturated heterocycles. The number of nitrogens with zero attached hydrogens (tertiary/aromatic N) is 5. The number of carboxylic acid groups (broad SMARTS) is 1. The fraction of sp³-hybridized carbons (Fsp3) is 0.179. The average molecular weight is 573 g/mol. The number of carbonyl (C=O) groups excluding carboxylic acids is 1. The fourth-order valence-corrected chi connectivity index (χ4v) is 6.07. The summed E-state index contributed by atoms with van der Waals surface area (Å²) < 4.78 is 7.82. The zero-order valence-electron chi connectivity index (χ0n) is 21.2. The van der Waals surface area contributed by atoms with Crippen LogP contribution in [0.2, 0.25) is 0 Å². The average Bonchev–Trinajstić information content (AvgIpc) is 3.76. The van der Waals surface area contributed by atoms with Crippen molar-refractivity contribution in [3.63, 3.8) is 0 Å². The van der Waals surface area contributed by atoms with Gasteiger partial charge in [-0.3, -0.25) is 4.79 Å². The van der Waals surface area contributed by atoms with Gasteiger partial charge in [-0.2, -0.15) is 0 Å². The van der Waals surface area contributed by atoms with E-state index < -0.39 is 6.09 Å². The summed E-state index contributed by atoms with van der Waals surface area (Å²) in [4.78, 5) is 31.7. The van der Waals surface area contributed by atoms with Gasteiger partial charge in [0.25, 0.3) is 5.91 Å². The lowest BCUT2D eigenvalue weighted by molar-refractivity contribution is 0.0708. The molecule has 0 fully saturated rings. The van der Waals surface area contributed by atoms with Crippen molar-refractivity contribution in [3.05, 3.63) is 82.8 Å². The van der Waals surface area contributed by atoms with Gasteiger partial charge in [0.15, 0.2) is 11.6 Å². The lowest BCUT2D eigenvalue weighted by Crippen LogP contribution is -2.38. The monoisotopic (exact) mass is 572 g/mol. The van der Waals surface area contributed by atoms with Crippen molar-refractivity contribution in [1.29, 1.82) is 0 Å². The van der Waals surface area contributed by atoms with E-state index in [1.807, 2.05) is 69.9 Å². The smallest absolute Gasteiger partial charge is 0.404 e. The molecule has 4 heterocycles. The molecular weight excluding hydrogens is 548 g/mol. The molecule has 0 bridgehead atoms. The Morgan fingerprint density at radius 3 is 2.65 bits per heavy atom. The molecule has 10 nitrogen and oxygen atoms in total. The van der Waals surface area contributed by atoms with Crippen molar-refractivity contribution in [1.82, 2.24) is 30.0 Å². The van der Waals surface area contributed by atoms with Gasteiger partial charge in [0.2, 0.25) is 0 Å². The first-order valence-electron chi connectivity index (χ1n) is 12.6. The van der Waals surface area contributed by atoms with E-state index in [-0.39, 0.29) is 19.1 Å². The molecule has 2 N–H and O–H groups in total. The van der Waals surface area contributed by atoms with Gasteiger partial charge in [-0.05, 0) is 41.3 Å². The summed E-state index contributed by atoms with van der Waals surface area (Å²) in [5.41, 5.74) is 3.26. The number of rotatable bonds is 8. The first kappa shape index (κ1) is 25.7. The molecule has 0 saturated carbocycles. The van der Waals surface area contributed by atoms with Crippen LogP contribution < -0.4 is 10.1 Å². The molecule has 3 aromatic heterocycles. The number of aromatic nitrogens is 4. The second-order valence-electron chi connectivity index (χ2n) is 8.99. The highest BCUT2D eigenvalue weighted by molar-refractivity contribution is 7.13. The van der Waals surface area contributed by atoms with Gasteiger partial charge in [-0.15, -0.1) is 32.9 Å². The number of ether oxygens (including phenoxy) is 1. The number of nitrogens with one attached hydrogen (secondary N) is 1. The van der Waals surface area contributed by atoms with Gasteiger partial charge in [-0.1, -0.05) is 30.3 Å². The van der Waals surface area contributed by atoms with Crippen molar-refractivity contribution in [3.8, 4) is 38.3 Å². The Bertz CT molecular complexity index is 1650. The lowest BCUT2D eigenvalue weighted by Gasteiger charge is -2.27. The third-order valence-corrected chi connectivity index (χ3v) is 8.26. The molecule has 0 radical (unpaired) electrons. The fourth-order valence-electron chi connectivity index (χ4n) is 4.51. The molecule has 2 aromatic carbocycles. The van der Waals surface area contributed by atoms with Crippen LogP contribution in [0.1, 0.15) is 16.2 Å². The number of carbonyl (C=O) groups is 2. The number of thiazole rings is 1. The summed E-state index contributed by atoms with van der Waals surface area (Å²) in [6, 6.07) is 19.3. The number of benzene rings is 2. The lowest BCUT2D eigenvalue weighted by atomic mass is 10.1.